The van der Waals surface area contributed by atoms with E-state index < -0.39 is 0 Å². The van der Waals surface area contributed by atoms with Crippen molar-refractivity contribution in [1.82, 2.24) is 5.01 Å². The average Bonchev–Trinajstić information content (AvgIpc) is 2.77. The van der Waals surface area contributed by atoms with Crippen LogP contribution >= 0.6 is 24.0 Å². The molecule has 0 saturated carbocycles. The summed E-state index contributed by atoms with van der Waals surface area (Å²) >= 11 is 6.58. The molecule has 5 heteroatoms. The van der Waals surface area contributed by atoms with Crippen LogP contribution in [-0.2, 0) is 4.79 Å². The largest absolute Gasteiger partial charge is 0.290 e. The van der Waals surface area contributed by atoms with Crippen LogP contribution in [0, 0.1) is 0 Å². The van der Waals surface area contributed by atoms with Crippen molar-refractivity contribution in [2.24, 2.45) is 0 Å². The van der Waals surface area contributed by atoms with Crippen molar-refractivity contribution >= 4 is 46.0 Å². The Morgan fingerprint density at radius 3 is 2.29 bits per heavy atom. The molecule has 0 aliphatic carbocycles. The predicted octanol–water partition coefficient (Wildman–Crippen LogP) is 3.91. The predicted molar refractivity (Wildman–Crippen MR) is 91.5 cm³/mol. The van der Waals surface area contributed by atoms with Crippen molar-refractivity contribution < 1.29 is 4.79 Å². The fraction of sp³-hybridized carbons (Fsp3) is 0. The molecule has 0 bridgehead atoms. The fourth-order valence-electron chi connectivity index (χ4n) is 1.91. The zero-order valence-electron chi connectivity index (χ0n) is 11.0. The summed E-state index contributed by atoms with van der Waals surface area (Å²) in [6.45, 7) is 0. The van der Waals surface area contributed by atoms with E-state index in [0.717, 1.165) is 11.3 Å². The Morgan fingerprint density at radius 2 is 1.62 bits per heavy atom. The third kappa shape index (κ3) is 3.15. The molecule has 1 heterocycles. The molecule has 0 spiro atoms. The monoisotopic (exact) mass is 312 g/mol. The Bertz CT molecular complexity index is 699. The first-order valence-electron chi connectivity index (χ1n) is 6.39. The van der Waals surface area contributed by atoms with Crippen LogP contribution in [0.3, 0.4) is 0 Å². The highest BCUT2D eigenvalue weighted by Crippen LogP contribution is 2.32. The number of hydrogen-bond acceptors (Lipinski definition) is 4. The van der Waals surface area contributed by atoms with Gasteiger partial charge in [0.15, 0.2) is 4.32 Å². The Labute approximate surface area is 132 Å². The van der Waals surface area contributed by atoms with Crippen molar-refractivity contribution in [3.05, 3.63) is 71.1 Å². The van der Waals surface area contributed by atoms with Crippen molar-refractivity contribution in [2.75, 3.05) is 5.43 Å². The molecule has 104 valence electrons. The molecule has 1 aliphatic rings. The van der Waals surface area contributed by atoms with Crippen LogP contribution < -0.4 is 5.43 Å². The number of carbonyl (C=O) groups is 1. The third-order valence-electron chi connectivity index (χ3n) is 2.91. The average molecular weight is 312 g/mol. The van der Waals surface area contributed by atoms with Crippen LogP contribution in [0.5, 0.6) is 0 Å². The fourth-order valence-corrected chi connectivity index (χ4v) is 3.09. The highest BCUT2D eigenvalue weighted by Gasteiger charge is 2.32. The van der Waals surface area contributed by atoms with Gasteiger partial charge in [0, 0.05) is 0 Å². The van der Waals surface area contributed by atoms with Gasteiger partial charge in [-0.1, -0.05) is 60.3 Å². The number of carbonyl (C=O) groups excluding carboxylic acids is 1. The van der Waals surface area contributed by atoms with Gasteiger partial charge >= 0.3 is 0 Å². The van der Waals surface area contributed by atoms with E-state index in [4.69, 9.17) is 12.2 Å². The van der Waals surface area contributed by atoms with Gasteiger partial charge in [-0.25, -0.2) is 5.01 Å². The first kappa shape index (κ1) is 13.9. The van der Waals surface area contributed by atoms with E-state index in [2.05, 4.69) is 5.43 Å². The van der Waals surface area contributed by atoms with Gasteiger partial charge in [0.1, 0.15) is 0 Å². The molecule has 0 aromatic heterocycles. The van der Waals surface area contributed by atoms with Gasteiger partial charge in [-0.2, -0.15) is 0 Å². The molecule has 0 atom stereocenters. The van der Waals surface area contributed by atoms with Crippen LogP contribution in [0.2, 0.25) is 0 Å². The van der Waals surface area contributed by atoms with E-state index in [9.17, 15) is 4.79 Å². The third-order valence-corrected chi connectivity index (χ3v) is 4.21. The van der Waals surface area contributed by atoms with E-state index in [1.54, 1.807) is 0 Å². The molecule has 3 rings (SSSR count). The summed E-state index contributed by atoms with van der Waals surface area (Å²) in [7, 11) is 0. The topological polar surface area (TPSA) is 32.3 Å². The van der Waals surface area contributed by atoms with Gasteiger partial charge in [-0.3, -0.25) is 10.2 Å². The zero-order chi connectivity index (χ0) is 14.7. The molecule has 1 fully saturated rings. The molecular formula is C16H12N2OS2. The number of nitrogens with one attached hydrogen (secondary N) is 1. The summed E-state index contributed by atoms with van der Waals surface area (Å²) in [4.78, 5) is 13.0. The molecule has 1 saturated heterocycles. The van der Waals surface area contributed by atoms with Crippen LogP contribution in [0.25, 0.3) is 6.08 Å². The number of rotatable bonds is 3. The van der Waals surface area contributed by atoms with Gasteiger partial charge in [0.25, 0.3) is 5.91 Å². The van der Waals surface area contributed by atoms with Gasteiger partial charge < -0.3 is 0 Å². The number of benzene rings is 2. The maximum Gasteiger partial charge on any atom is 0.285 e. The number of hydrazine groups is 1. The van der Waals surface area contributed by atoms with Crippen molar-refractivity contribution in [3.8, 4) is 0 Å². The number of hydrogen-bond donors (Lipinski definition) is 1. The molecule has 2 aromatic rings. The summed E-state index contributed by atoms with van der Waals surface area (Å²) in [5, 5.41) is 1.41. The lowest BCUT2D eigenvalue weighted by Gasteiger charge is -2.16. The Morgan fingerprint density at radius 1 is 1.00 bits per heavy atom. The molecule has 21 heavy (non-hydrogen) atoms. The van der Waals surface area contributed by atoms with Crippen LogP contribution in [0.15, 0.2) is 65.6 Å². The number of para-hydroxylation sites is 1. The molecule has 1 N–H and O–H groups in total. The van der Waals surface area contributed by atoms with E-state index in [1.807, 2.05) is 66.7 Å². The van der Waals surface area contributed by atoms with E-state index in [0.29, 0.717) is 9.23 Å². The Hall–Kier alpha value is -2.11. The number of amides is 1. The standard InChI is InChI=1S/C16H12N2OS2/c19-15-14(11-12-7-3-1-4-8-12)21-16(20)18(15)17-13-9-5-2-6-10-13/h1-11,17H. The number of anilines is 1. The van der Waals surface area contributed by atoms with Gasteiger partial charge in [0.2, 0.25) is 0 Å². The number of thioether (sulfide) groups is 1. The zero-order valence-corrected chi connectivity index (χ0v) is 12.7. The highest BCUT2D eigenvalue weighted by atomic mass is 32.2. The first-order chi connectivity index (χ1) is 10.2. The smallest absolute Gasteiger partial charge is 0.285 e. The summed E-state index contributed by atoms with van der Waals surface area (Å²) in [5.41, 5.74) is 4.85. The van der Waals surface area contributed by atoms with Crippen LogP contribution in [0.4, 0.5) is 5.69 Å². The minimum absolute atomic E-state index is 0.127. The first-order valence-corrected chi connectivity index (χ1v) is 7.61. The van der Waals surface area contributed by atoms with Crippen molar-refractivity contribution in [3.63, 3.8) is 0 Å². The van der Waals surface area contributed by atoms with E-state index >= 15 is 0 Å². The lowest BCUT2D eigenvalue weighted by atomic mass is 10.2. The second kappa shape index (κ2) is 6.11. The summed E-state index contributed by atoms with van der Waals surface area (Å²) in [6, 6.07) is 19.2. The van der Waals surface area contributed by atoms with Gasteiger partial charge in [-0.15, -0.1) is 0 Å². The second-order valence-corrected chi connectivity index (χ2v) is 6.08. The van der Waals surface area contributed by atoms with Gasteiger partial charge in [0.05, 0.1) is 10.6 Å². The summed E-state index contributed by atoms with van der Waals surface area (Å²) < 4.78 is 0.506. The molecule has 3 nitrogen and oxygen atoms in total. The van der Waals surface area contributed by atoms with Crippen LogP contribution in [-0.4, -0.2) is 15.2 Å². The quantitative estimate of drug-likeness (QED) is 0.688. The van der Waals surface area contributed by atoms with E-state index in [1.165, 1.54) is 16.8 Å². The Balaban J connectivity index is 1.81. The van der Waals surface area contributed by atoms with Gasteiger partial charge in [-0.05, 0) is 36.0 Å². The summed E-state index contributed by atoms with van der Waals surface area (Å²) in [5.74, 6) is -0.127. The molecule has 1 aliphatic heterocycles. The molecule has 1 amide bonds. The lowest BCUT2D eigenvalue weighted by Crippen LogP contribution is -2.33. The maximum atomic E-state index is 12.4. The molecular weight excluding hydrogens is 300 g/mol. The van der Waals surface area contributed by atoms with Crippen molar-refractivity contribution in [1.29, 1.82) is 0 Å². The summed E-state index contributed by atoms with van der Waals surface area (Å²) in [6.07, 6.45) is 1.85. The molecule has 0 radical (unpaired) electrons. The van der Waals surface area contributed by atoms with E-state index in [-0.39, 0.29) is 5.91 Å². The minimum atomic E-state index is -0.127. The molecule has 2 aromatic carbocycles. The van der Waals surface area contributed by atoms with Crippen molar-refractivity contribution in [2.45, 2.75) is 0 Å². The number of nitrogens with zero attached hydrogens (tertiary/aromatic N) is 1. The number of thiocarbonyl (C=S) groups is 1. The van der Waals surface area contributed by atoms with Crippen LogP contribution in [0.1, 0.15) is 5.56 Å². The Kier molecular flexibility index (Phi) is 4.03. The lowest BCUT2D eigenvalue weighted by molar-refractivity contribution is -0.121. The highest BCUT2D eigenvalue weighted by molar-refractivity contribution is 8.26. The SMILES string of the molecule is O=C1C(=Cc2ccccc2)SC(=S)N1Nc1ccccc1. The minimum Gasteiger partial charge on any atom is -0.290 e. The second-order valence-electron chi connectivity index (χ2n) is 4.41. The molecule has 0 unspecified atom stereocenters. The maximum absolute atomic E-state index is 12.4. The normalized spacial score (nSPS) is 16.6.